The third-order valence-corrected chi connectivity index (χ3v) is 7.38. The fraction of sp³-hybridized carbons (Fsp3) is 0.391. The summed E-state index contributed by atoms with van der Waals surface area (Å²) in [6, 6.07) is 7.18. The van der Waals surface area contributed by atoms with Crippen molar-refractivity contribution in [1.82, 2.24) is 5.32 Å². The summed E-state index contributed by atoms with van der Waals surface area (Å²) in [6.07, 6.45) is 2.73. The number of carbonyl (C=O) groups is 1. The van der Waals surface area contributed by atoms with E-state index in [-0.39, 0.29) is 17.1 Å². The molecule has 1 amide bonds. The molecule has 1 aromatic carbocycles. The Bertz CT molecular complexity index is 1200. The second-order valence-electron chi connectivity index (χ2n) is 8.16. The number of aryl methyl sites for hydroxylation is 2. The predicted molar refractivity (Wildman–Crippen MR) is 118 cm³/mol. The number of piperidine rings is 1. The fourth-order valence-electron chi connectivity index (χ4n) is 4.56. The van der Waals surface area contributed by atoms with E-state index in [0.717, 1.165) is 54.6 Å². The lowest BCUT2D eigenvalue weighted by atomic mass is 9.83. The van der Waals surface area contributed by atoms with Crippen LogP contribution in [0.2, 0.25) is 0 Å². The molecular weight excluding hydrogens is 400 g/mol. The van der Waals surface area contributed by atoms with Crippen LogP contribution in [0.1, 0.15) is 44.1 Å². The predicted octanol–water partition coefficient (Wildman–Crippen LogP) is 3.88. The number of anilines is 1. The molecule has 7 heteroatoms. The zero-order valence-corrected chi connectivity index (χ0v) is 17.9. The monoisotopic (exact) mass is 424 g/mol. The number of benzene rings is 1. The summed E-state index contributed by atoms with van der Waals surface area (Å²) in [6.45, 7) is 6.34. The maximum atomic E-state index is 13.1. The highest BCUT2D eigenvalue weighted by Crippen LogP contribution is 2.43. The normalized spacial score (nSPS) is 17.8. The van der Waals surface area contributed by atoms with E-state index in [0.29, 0.717) is 17.1 Å². The summed E-state index contributed by atoms with van der Waals surface area (Å²) in [5.74, 6) is -0.115. The van der Waals surface area contributed by atoms with Crippen molar-refractivity contribution in [3.8, 4) is 0 Å². The van der Waals surface area contributed by atoms with Gasteiger partial charge in [-0.15, -0.1) is 11.3 Å². The fourth-order valence-corrected chi connectivity index (χ4v) is 5.68. The summed E-state index contributed by atoms with van der Waals surface area (Å²) in [4.78, 5) is 26.7. The van der Waals surface area contributed by atoms with Crippen molar-refractivity contribution in [1.29, 1.82) is 0 Å². The summed E-state index contributed by atoms with van der Waals surface area (Å²) < 4.78 is 11.5. The Balaban J connectivity index is 1.47. The third kappa shape index (κ3) is 3.27. The van der Waals surface area contributed by atoms with Gasteiger partial charge in [0.05, 0.1) is 17.1 Å². The summed E-state index contributed by atoms with van der Waals surface area (Å²) >= 11 is 1.57. The van der Waals surface area contributed by atoms with Crippen LogP contribution in [0.4, 0.5) is 5.69 Å². The Morgan fingerprint density at radius 3 is 2.73 bits per heavy atom. The molecule has 1 saturated heterocycles. The van der Waals surface area contributed by atoms with Crippen molar-refractivity contribution in [3.63, 3.8) is 0 Å². The van der Waals surface area contributed by atoms with Gasteiger partial charge >= 0.3 is 5.63 Å². The Morgan fingerprint density at radius 2 is 1.93 bits per heavy atom. The van der Waals surface area contributed by atoms with E-state index in [9.17, 15) is 9.59 Å². The molecule has 4 heterocycles. The van der Waals surface area contributed by atoms with E-state index < -0.39 is 0 Å². The average Bonchev–Trinajstić information content (AvgIpc) is 3.16. The molecule has 156 valence electrons. The first-order valence-corrected chi connectivity index (χ1v) is 11.1. The van der Waals surface area contributed by atoms with Crippen LogP contribution in [0.25, 0.3) is 11.0 Å². The Kier molecular flexibility index (Phi) is 4.76. The molecular formula is C23H24N2O4S. The van der Waals surface area contributed by atoms with E-state index in [4.69, 9.17) is 9.15 Å². The van der Waals surface area contributed by atoms with Gasteiger partial charge in [0.25, 0.3) is 5.91 Å². The van der Waals surface area contributed by atoms with Crippen LogP contribution >= 0.6 is 11.3 Å². The van der Waals surface area contributed by atoms with E-state index in [1.807, 2.05) is 26.0 Å². The molecule has 2 N–H and O–H groups in total. The first-order chi connectivity index (χ1) is 14.4. The number of hydrogen-bond donors (Lipinski definition) is 2. The van der Waals surface area contributed by atoms with Crippen molar-refractivity contribution in [2.24, 2.45) is 0 Å². The summed E-state index contributed by atoms with van der Waals surface area (Å²) in [7, 11) is 0. The zero-order valence-electron chi connectivity index (χ0n) is 17.1. The first kappa shape index (κ1) is 19.5. The Labute approximate surface area is 178 Å². The van der Waals surface area contributed by atoms with Crippen LogP contribution in [-0.4, -0.2) is 25.6 Å². The lowest BCUT2D eigenvalue weighted by molar-refractivity contribution is -0.0792. The largest absolute Gasteiger partial charge is 0.423 e. The highest BCUT2D eigenvalue weighted by atomic mass is 32.1. The van der Waals surface area contributed by atoms with Gasteiger partial charge in [-0.1, -0.05) is 0 Å². The van der Waals surface area contributed by atoms with Gasteiger partial charge in [-0.3, -0.25) is 4.79 Å². The van der Waals surface area contributed by atoms with Crippen molar-refractivity contribution in [3.05, 3.63) is 61.1 Å². The topological polar surface area (TPSA) is 80.6 Å². The third-order valence-electron chi connectivity index (χ3n) is 6.19. The molecule has 2 aromatic heterocycles. The van der Waals surface area contributed by atoms with E-state index in [2.05, 4.69) is 10.6 Å². The molecule has 30 heavy (non-hydrogen) atoms. The highest BCUT2D eigenvalue weighted by molar-refractivity contribution is 7.14. The van der Waals surface area contributed by atoms with Gasteiger partial charge < -0.3 is 19.8 Å². The quantitative estimate of drug-likeness (QED) is 0.611. The van der Waals surface area contributed by atoms with E-state index in [1.54, 1.807) is 17.4 Å². The summed E-state index contributed by atoms with van der Waals surface area (Å²) in [5.41, 5.74) is 3.52. The number of rotatable bonds is 2. The molecule has 2 aliphatic heterocycles. The molecule has 0 radical (unpaired) electrons. The van der Waals surface area contributed by atoms with Crippen LogP contribution in [0.3, 0.4) is 0 Å². The number of amides is 1. The SMILES string of the molecule is Cc1cc2oc(=O)cc(C)c2cc1NC(=O)c1cc2c(s1)CCOC21CCNCC1. The summed E-state index contributed by atoms with van der Waals surface area (Å²) in [5, 5.41) is 7.28. The van der Waals surface area contributed by atoms with Crippen LogP contribution in [0.5, 0.6) is 0 Å². The lowest BCUT2D eigenvalue weighted by Crippen LogP contribution is -2.44. The Morgan fingerprint density at radius 1 is 1.13 bits per heavy atom. The van der Waals surface area contributed by atoms with Crippen molar-refractivity contribution in [2.45, 2.75) is 38.7 Å². The number of ether oxygens (including phenoxy) is 1. The number of thiophene rings is 1. The molecule has 0 atom stereocenters. The molecule has 0 unspecified atom stereocenters. The van der Waals surface area contributed by atoms with E-state index in [1.165, 1.54) is 16.5 Å². The van der Waals surface area contributed by atoms with Crippen molar-refractivity contribution in [2.75, 3.05) is 25.0 Å². The van der Waals surface area contributed by atoms with Crippen LogP contribution in [0, 0.1) is 13.8 Å². The van der Waals surface area contributed by atoms with Gasteiger partial charge in [0.15, 0.2) is 0 Å². The van der Waals surface area contributed by atoms with Gasteiger partial charge in [-0.2, -0.15) is 0 Å². The van der Waals surface area contributed by atoms with Crippen molar-refractivity contribution < 1.29 is 13.9 Å². The minimum atomic E-state index is -0.366. The number of carbonyl (C=O) groups excluding carboxylic acids is 1. The van der Waals surface area contributed by atoms with Crippen LogP contribution < -0.4 is 16.3 Å². The standard InChI is InChI=1S/C23H24N2O4S/c1-13-10-21(26)29-18-9-14(2)17(11-15(13)18)25-22(27)20-12-16-19(30-20)3-8-28-23(16)4-6-24-7-5-23/h9-12,24H,3-8H2,1-2H3,(H,25,27). The Hall–Kier alpha value is -2.48. The van der Waals surface area contributed by atoms with Crippen LogP contribution in [-0.2, 0) is 16.8 Å². The van der Waals surface area contributed by atoms with Gasteiger partial charge in [0, 0.05) is 28.4 Å². The number of nitrogens with one attached hydrogen (secondary N) is 2. The molecule has 3 aromatic rings. The highest BCUT2D eigenvalue weighted by Gasteiger charge is 2.40. The van der Waals surface area contributed by atoms with Crippen molar-refractivity contribution >= 4 is 33.9 Å². The van der Waals surface area contributed by atoms with Crippen LogP contribution in [0.15, 0.2) is 33.5 Å². The first-order valence-electron chi connectivity index (χ1n) is 10.3. The minimum absolute atomic E-state index is 0.115. The molecule has 1 spiro atoms. The molecule has 0 bridgehead atoms. The van der Waals surface area contributed by atoms with E-state index >= 15 is 0 Å². The second-order valence-corrected chi connectivity index (χ2v) is 9.29. The maximum Gasteiger partial charge on any atom is 0.336 e. The zero-order chi connectivity index (χ0) is 20.9. The minimum Gasteiger partial charge on any atom is -0.423 e. The molecule has 2 aliphatic rings. The molecule has 0 saturated carbocycles. The lowest BCUT2D eigenvalue weighted by Gasteiger charge is -2.40. The van der Waals surface area contributed by atoms with Gasteiger partial charge in [-0.05, 0) is 74.7 Å². The molecule has 1 fully saturated rings. The smallest absolute Gasteiger partial charge is 0.336 e. The van der Waals surface area contributed by atoms with Gasteiger partial charge in [0.1, 0.15) is 5.58 Å². The number of fused-ring (bicyclic) bond motifs is 3. The molecule has 0 aliphatic carbocycles. The molecule has 6 nitrogen and oxygen atoms in total. The number of hydrogen-bond acceptors (Lipinski definition) is 6. The molecule has 5 rings (SSSR count). The maximum absolute atomic E-state index is 13.1. The van der Waals surface area contributed by atoms with Gasteiger partial charge in [-0.25, -0.2) is 4.79 Å². The second kappa shape index (κ2) is 7.34. The average molecular weight is 425 g/mol. The van der Waals surface area contributed by atoms with Gasteiger partial charge in [0.2, 0.25) is 0 Å².